The number of hydrogen-bond acceptors (Lipinski definition) is 3. The summed E-state index contributed by atoms with van der Waals surface area (Å²) in [6.07, 6.45) is 5.07. The second-order valence-corrected chi connectivity index (χ2v) is 4.99. The second kappa shape index (κ2) is 5.71. The summed E-state index contributed by atoms with van der Waals surface area (Å²) in [6, 6.07) is 6.07. The molecule has 3 nitrogen and oxygen atoms in total. The van der Waals surface area contributed by atoms with Gasteiger partial charge >= 0.3 is 0 Å². The highest BCUT2D eigenvalue weighted by Gasteiger charge is 2.25. The summed E-state index contributed by atoms with van der Waals surface area (Å²) in [6.45, 7) is 0. The summed E-state index contributed by atoms with van der Waals surface area (Å²) in [7, 11) is 1.63. The molecule has 0 bridgehead atoms. The highest BCUT2D eigenvalue weighted by Crippen LogP contribution is 2.37. The Labute approximate surface area is 107 Å². The van der Waals surface area contributed by atoms with Crippen LogP contribution < -0.4 is 16.0 Å². The Morgan fingerprint density at radius 2 is 2.12 bits per heavy atom. The SMILES string of the molecule is COc1cc(C(NN)C2CCCC2)ccc1Cl. The van der Waals surface area contributed by atoms with Crippen LogP contribution >= 0.6 is 11.6 Å². The Morgan fingerprint density at radius 1 is 1.41 bits per heavy atom. The van der Waals surface area contributed by atoms with E-state index in [2.05, 4.69) is 5.43 Å². The van der Waals surface area contributed by atoms with Crippen LogP contribution in [0.4, 0.5) is 0 Å². The first-order valence-electron chi connectivity index (χ1n) is 6.06. The predicted molar refractivity (Wildman–Crippen MR) is 70.0 cm³/mol. The maximum Gasteiger partial charge on any atom is 0.137 e. The first-order chi connectivity index (χ1) is 8.26. The van der Waals surface area contributed by atoms with Crippen molar-refractivity contribution in [3.05, 3.63) is 28.8 Å². The molecule has 1 aliphatic carbocycles. The maximum absolute atomic E-state index is 6.03. The van der Waals surface area contributed by atoms with Crippen LogP contribution in [-0.2, 0) is 0 Å². The van der Waals surface area contributed by atoms with Crippen LogP contribution in [0.25, 0.3) is 0 Å². The summed E-state index contributed by atoms with van der Waals surface area (Å²) in [4.78, 5) is 0. The van der Waals surface area contributed by atoms with Crippen molar-refractivity contribution < 1.29 is 4.74 Å². The van der Waals surface area contributed by atoms with Gasteiger partial charge in [0.15, 0.2) is 0 Å². The molecule has 0 amide bonds. The van der Waals surface area contributed by atoms with Gasteiger partial charge in [0, 0.05) is 6.04 Å². The van der Waals surface area contributed by atoms with E-state index in [9.17, 15) is 0 Å². The number of nitrogens with two attached hydrogens (primary N) is 1. The molecular formula is C13H19ClN2O. The predicted octanol–water partition coefficient (Wildman–Crippen LogP) is 3.04. The molecule has 1 aliphatic rings. The van der Waals surface area contributed by atoms with Crippen molar-refractivity contribution in [1.82, 2.24) is 5.43 Å². The van der Waals surface area contributed by atoms with Crippen molar-refractivity contribution in [3.8, 4) is 5.75 Å². The van der Waals surface area contributed by atoms with Gasteiger partial charge in [0.05, 0.1) is 12.1 Å². The quantitative estimate of drug-likeness (QED) is 0.641. The van der Waals surface area contributed by atoms with E-state index in [0.717, 1.165) is 5.56 Å². The number of rotatable bonds is 4. The molecule has 1 fully saturated rings. The van der Waals surface area contributed by atoms with Crippen LogP contribution in [0.2, 0.25) is 5.02 Å². The molecule has 1 aromatic rings. The van der Waals surface area contributed by atoms with E-state index in [-0.39, 0.29) is 6.04 Å². The Morgan fingerprint density at radius 3 is 2.71 bits per heavy atom. The average molecular weight is 255 g/mol. The largest absolute Gasteiger partial charge is 0.495 e. The Kier molecular flexibility index (Phi) is 4.26. The Hall–Kier alpha value is -0.770. The van der Waals surface area contributed by atoms with E-state index >= 15 is 0 Å². The number of nitrogens with one attached hydrogen (secondary N) is 1. The number of hydrazine groups is 1. The molecule has 94 valence electrons. The molecule has 2 rings (SSSR count). The van der Waals surface area contributed by atoms with Gasteiger partial charge in [-0.25, -0.2) is 0 Å². The fourth-order valence-corrected chi connectivity index (χ4v) is 2.86. The molecule has 0 heterocycles. The van der Waals surface area contributed by atoms with Gasteiger partial charge in [0.1, 0.15) is 5.75 Å². The highest BCUT2D eigenvalue weighted by molar-refractivity contribution is 6.32. The molecule has 1 aromatic carbocycles. The first kappa shape index (κ1) is 12.7. The van der Waals surface area contributed by atoms with Gasteiger partial charge in [-0.2, -0.15) is 0 Å². The van der Waals surface area contributed by atoms with Crippen molar-refractivity contribution >= 4 is 11.6 Å². The molecule has 17 heavy (non-hydrogen) atoms. The lowest BCUT2D eigenvalue weighted by Gasteiger charge is -2.23. The van der Waals surface area contributed by atoms with Crippen LogP contribution in [0.15, 0.2) is 18.2 Å². The topological polar surface area (TPSA) is 47.3 Å². The molecule has 0 radical (unpaired) electrons. The third kappa shape index (κ3) is 2.73. The molecule has 0 aromatic heterocycles. The van der Waals surface area contributed by atoms with Gasteiger partial charge in [0.25, 0.3) is 0 Å². The van der Waals surface area contributed by atoms with Crippen LogP contribution in [0, 0.1) is 5.92 Å². The van der Waals surface area contributed by atoms with Gasteiger partial charge in [-0.05, 0) is 36.5 Å². The lowest BCUT2D eigenvalue weighted by molar-refractivity contribution is 0.369. The zero-order valence-electron chi connectivity index (χ0n) is 10.1. The zero-order valence-corrected chi connectivity index (χ0v) is 10.8. The van der Waals surface area contributed by atoms with Crippen molar-refractivity contribution in [2.24, 2.45) is 11.8 Å². The van der Waals surface area contributed by atoms with E-state index in [0.29, 0.717) is 16.7 Å². The summed E-state index contributed by atoms with van der Waals surface area (Å²) < 4.78 is 5.24. The number of halogens is 1. The second-order valence-electron chi connectivity index (χ2n) is 4.58. The third-order valence-corrected chi connectivity index (χ3v) is 3.90. The highest BCUT2D eigenvalue weighted by atomic mass is 35.5. The van der Waals surface area contributed by atoms with E-state index in [1.54, 1.807) is 7.11 Å². The summed E-state index contributed by atoms with van der Waals surface area (Å²) in [5, 5.41) is 0.637. The van der Waals surface area contributed by atoms with Crippen LogP contribution in [0.1, 0.15) is 37.3 Å². The monoisotopic (exact) mass is 254 g/mol. The molecule has 0 saturated heterocycles. The minimum atomic E-state index is 0.198. The zero-order chi connectivity index (χ0) is 12.3. The molecule has 3 N–H and O–H groups in total. The Bertz CT molecular complexity index is 378. The van der Waals surface area contributed by atoms with Gasteiger partial charge in [0.2, 0.25) is 0 Å². The normalized spacial score (nSPS) is 18.3. The molecule has 4 heteroatoms. The van der Waals surface area contributed by atoms with Crippen LogP contribution in [0.5, 0.6) is 5.75 Å². The summed E-state index contributed by atoms with van der Waals surface area (Å²) in [5.74, 6) is 7.02. The summed E-state index contributed by atoms with van der Waals surface area (Å²) in [5.41, 5.74) is 4.09. The Balaban J connectivity index is 2.23. The van der Waals surface area contributed by atoms with Gasteiger partial charge in [-0.3, -0.25) is 11.3 Å². The molecular weight excluding hydrogens is 236 g/mol. The van der Waals surface area contributed by atoms with E-state index in [1.807, 2.05) is 18.2 Å². The van der Waals surface area contributed by atoms with E-state index in [1.165, 1.54) is 25.7 Å². The van der Waals surface area contributed by atoms with Crippen molar-refractivity contribution in [1.29, 1.82) is 0 Å². The standard InChI is InChI=1S/C13H19ClN2O/c1-17-12-8-10(6-7-11(12)14)13(16-15)9-4-2-3-5-9/h6-9,13,16H,2-5,15H2,1H3. The van der Waals surface area contributed by atoms with Gasteiger partial charge in [-0.1, -0.05) is 30.5 Å². The van der Waals surface area contributed by atoms with E-state index < -0.39 is 0 Å². The average Bonchev–Trinajstić information content (AvgIpc) is 2.86. The molecule has 1 saturated carbocycles. The summed E-state index contributed by atoms with van der Waals surface area (Å²) >= 11 is 6.03. The number of ether oxygens (including phenoxy) is 1. The van der Waals surface area contributed by atoms with Gasteiger partial charge < -0.3 is 4.74 Å². The molecule has 0 aliphatic heterocycles. The van der Waals surface area contributed by atoms with Crippen LogP contribution in [0.3, 0.4) is 0 Å². The minimum Gasteiger partial charge on any atom is -0.495 e. The molecule has 1 unspecified atom stereocenters. The fraction of sp³-hybridized carbons (Fsp3) is 0.538. The smallest absolute Gasteiger partial charge is 0.137 e. The lowest BCUT2D eigenvalue weighted by Crippen LogP contribution is -2.32. The van der Waals surface area contributed by atoms with E-state index in [4.69, 9.17) is 22.2 Å². The number of benzene rings is 1. The van der Waals surface area contributed by atoms with Crippen molar-refractivity contribution in [2.45, 2.75) is 31.7 Å². The van der Waals surface area contributed by atoms with Gasteiger partial charge in [-0.15, -0.1) is 0 Å². The minimum absolute atomic E-state index is 0.198. The number of methoxy groups -OCH3 is 1. The maximum atomic E-state index is 6.03. The first-order valence-corrected chi connectivity index (χ1v) is 6.43. The van der Waals surface area contributed by atoms with Crippen molar-refractivity contribution in [2.75, 3.05) is 7.11 Å². The van der Waals surface area contributed by atoms with Crippen LogP contribution in [-0.4, -0.2) is 7.11 Å². The van der Waals surface area contributed by atoms with Crippen molar-refractivity contribution in [3.63, 3.8) is 0 Å². The lowest BCUT2D eigenvalue weighted by atomic mass is 9.92. The molecule has 0 spiro atoms. The third-order valence-electron chi connectivity index (χ3n) is 3.59. The molecule has 1 atom stereocenters. The number of hydrogen-bond donors (Lipinski definition) is 2. The fourth-order valence-electron chi connectivity index (χ4n) is 2.67.